The molecule has 0 radical (unpaired) electrons. The zero-order valence-corrected chi connectivity index (χ0v) is 13.9. The van der Waals surface area contributed by atoms with Gasteiger partial charge in [0.2, 0.25) is 0 Å². The largest absolute Gasteiger partial charge is 0.310 e. The summed E-state index contributed by atoms with van der Waals surface area (Å²) in [5.74, 6) is 0.440. The van der Waals surface area contributed by atoms with E-state index in [9.17, 15) is 13.2 Å². The van der Waals surface area contributed by atoms with E-state index in [1.54, 1.807) is 11.6 Å². The lowest BCUT2D eigenvalue weighted by Crippen LogP contribution is -2.17. The summed E-state index contributed by atoms with van der Waals surface area (Å²) < 4.78 is 26.5. The van der Waals surface area contributed by atoms with Gasteiger partial charge in [-0.25, -0.2) is 18.1 Å². The monoisotopic (exact) mass is 337 g/mol. The van der Waals surface area contributed by atoms with Crippen molar-refractivity contribution in [2.45, 2.75) is 50.7 Å². The van der Waals surface area contributed by atoms with Crippen LogP contribution in [0.3, 0.4) is 0 Å². The third-order valence-corrected chi connectivity index (χ3v) is 5.28. The van der Waals surface area contributed by atoms with Gasteiger partial charge in [0.15, 0.2) is 9.84 Å². The van der Waals surface area contributed by atoms with Crippen LogP contribution in [0, 0.1) is 6.92 Å². The molecule has 1 aliphatic rings. The van der Waals surface area contributed by atoms with Crippen molar-refractivity contribution in [2.24, 2.45) is 0 Å². The van der Waals surface area contributed by atoms with Gasteiger partial charge in [-0.05, 0) is 26.7 Å². The highest BCUT2D eigenvalue weighted by Gasteiger charge is 2.27. The summed E-state index contributed by atoms with van der Waals surface area (Å²) in [5, 5.41) is 7.83. The second kappa shape index (κ2) is 5.88. The molecule has 1 aliphatic carbocycles. The molecule has 2 heterocycles. The maximum absolute atomic E-state index is 12.5. The Morgan fingerprint density at radius 1 is 1.35 bits per heavy atom. The van der Waals surface area contributed by atoms with Gasteiger partial charge < -0.3 is 4.98 Å². The summed E-state index contributed by atoms with van der Waals surface area (Å²) in [5.41, 5.74) is 1.18. The molecule has 0 saturated heterocycles. The van der Waals surface area contributed by atoms with Gasteiger partial charge in [-0.2, -0.15) is 0 Å². The number of hydrogen-bond donors (Lipinski definition) is 1. The average molecular weight is 337 g/mol. The fourth-order valence-electron chi connectivity index (χ4n) is 2.49. The first-order chi connectivity index (χ1) is 10.9. The minimum atomic E-state index is -3.47. The lowest BCUT2D eigenvalue weighted by molar-refractivity contribution is 0.580. The normalized spacial score (nSPS) is 15.0. The molecule has 0 unspecified atom stereocenters. The second-order valence-corrected chi connectivity index (χ2v) is 7.93. The quantitative estimate of drug-likeness (QED) is 0.830. The molecule has 3 rings (SSSR count). The summed E-state index contributed by atoms with van der Waals surface area (Å²) in [6, 6.07) is 1.26. The molecule has 1 fully saturated rings. The smallest absolute Gasteiger partial charge is 0.251 e. The first kappa shape index (κ1) is 15.9. The molecule has 0 aromatic carbocycles. The second-order valence-electron chi connectivity index (χ2n) is 5.87. The molecule has 8 nitrogen and oxygen atoms in total. The van der Waals surface area contributed by atoms with Crippen LogP contribution in [0.15, 0.2) is 10.9 Å². The Hall–Kier alpha value is -2.03. The number of aromatic amines is 1. The Morgan fingerprint density at radius 2 is 2.09 bits per heavy atom. The minimum Gasteiger partial charge on any atom is -0.310 e. The van der Waals surface area contributed by atoms with Crippen molar-refractivity contribution in [2.75, 3.05) is 0 Å². The van der Waals surface area contributed by atoms with E-state index in [1.165, 1.54) is 6.07 Å². The van der Waals surface area contributed by atoms with Crippen molar-refractivity contribution in [1.82, 2.24) is 25.0 Å². The van der Waals surface area contributed by atoms with Gasteiger partial charge in [0, 0.05) is 18.5 Å². The van der Waals surface area contributed by atoms with Crippen LogP contribution in [0.1, 0.15) is 48.6 Å². The van der Waals surface area contributed by atoms with E-state index < -0.39 is 9.84 Å². The van der Waals surface area contributed by atoms with Crippen LogP contribution in [0.2, 0.25) is 0 Å². The highest BCUT2D eigenvalue weighted by Crippen LogP contribution is 2.37. The Balaban J connectivity index is 1.83. The molecule has 2 aromatic heterocycles. The summed E-state index contributed by atoms with van der Waals surface area (Å²) in [6.07, 6.45) is 1.97. The topological polar surface area (TPSA) is 111 Å². The van der Waals surface area contributed by atoms with Crippen molar-refractivity contribution >= 4 is 9.84 Å². The lowest BCUT2D eigenvalue weighted by atomic mass is 10.3. The van der Waals surface area contributed by atoms with Crippen LogP contribution in [0.4, 0.5) is 0 Å². The van der Waals surface area contributed by atoms with E-state index in [-0.39, 0.29) is 23.0 Å². The van der Waals surface area contributed by atoms with E-state index >= 15 is 0 Å². The Labute approximate surface area is 133 Å². The molecular weight excluding hydrogens is 318 g/mol. The molecule has 124 valence electrons. The molecular formula is C14H19N5O3S. The third kappa shape index (κ3) is 3.66. The fourth-order valence-corrected chi connectivity index (χ4v) is 3.96. The SMILES string of the molecule is CCn1nnc(C)c1CS(=O)(=O)Cc1cc(=O)[nH]c(C2CC2)n1. The van der Waals surface area contributed by atoms with Crippen LogP contribution in [-0.2, 0) is 27.9 Å². The van der Waals surface area contributed by atoms with Gasteiger partial charge in [0.05, 0.1) is 28.6 Å². The highest BCUT2D eigenvalue weighted by atomic mass is 32.2. The Bertz CT molecular complexity index is 880. The number of aromatic nitrogens is 5. The first-order valence-electron chi connectivity index (χ1n) is 7.57. The predicted octanol–water partition coefficient (Wildman–Crippen LogP) is 0.682. The number of hydrogen-bond acceptors (Lipinski definition) is 6. The van der Waals surface area contributed by atoms with Crippen molar-refractivity contribution in [1.29, 1.82) is 0 Å². The number of nitrogens with one attached hydrogen (secondary N) is 1. The minimum absolute atomic E-state index is 0.160. The first-order valence-corrected chi connectivity index (χ1v) is 9.39. The third-order valence-electron chi connectivity index (χ3n) is 3.83. The van der Waals surface area contributed by atoms with Crippen LogP contribution in [-0.4, -0.2) is 33.4 Å². The van der Waals surface area contributed by atoms with E-state index in [0.717, 1.165) is 12.8 Å². The van der Waals surface area contributed by atoms with Crippen LogP contribution in [0.25, 0.3) is 0 Å². The molecule has 9 heteroatoms. The van der Waals surface area contributed by atoms with Gasteiger partial charge in [-0.3, -0.25) is 4.79 Å². The van der Waals surface area contributed by atoms with Crippen LogP contribution >= 0.6 is 0 Å². The summed E-state index contributed by atoms with van der Waals surface area (Å²) in [7, 11) is -3.47. The van der Waals surface area contributed by atoms with Gasteiger partial charge in [-0.1, -0.05) is 5.21 Å². The summed E-state index contributed by atoms with van der Waals surface area (Å²) in [4.78, 5) is 18.7. The number of aryl methyl sites for hydroxylation is 2. The van der Waals surface area contributed by atoms with Gasteiger partial charge in [0.25, 0.3) is 5.56 Å². The zero-order chi connectivity index (χ0) is 16.6. The van der Waals surface area contributed by atoms with Crippen LogP contribution < -0.4 is 5.56 Å². The molecule has 0 spiro atoms. The van der Waals surface area contributed by atoms with Crippen molar-refractivity contribution in [3.63, 3.8) is 0 Å². The number of nitrogens with zero attached hydrogens (tertiary/aromatic N) is 4. The molecule has 2 aromatic rings. The molecule has 1 N–H and O–H groups in total. The zero-order valence-electron chi connectivity index (χ0n) is 13.1. The standard InChI is InChI=1S/C14H19N5O3S/c1-3-19-12(9(2)17-18-19)8-23(21,22)7-11-6-13(20)16-14(15-11)10-4-5-10/h6,10H,3-5,7-8H2,1-2H3,(H,15,16,20). The fraction of sp³-hybridized carbons (Fsp3) is 0.571. The van der Waals surface area contributed by atoms with E-state index in [4.69, 9.17) is 0 Å². The van der Waals surface area contributed by atoms with Crippen molar-refractivity contribution in [3.05, 3.63) is 39.3 Å². The number of rotatable bonds is 6. The van der Waals surface area contributed by atoms with E-state index in [2.05, 4.69) is 20.3 Å². The molecule has 23 heavy (non-hydrogen) atoms. The maximum atomic E-state index is 12.5. The van der Waals surface area contributed by atoms with Gasteiger partial charge in [0.1, 0.15) is 5.82 Å². The summed E-state index contributed by atoms with van der Waals surface area (Å²) >= 11 is 0. The number of H-pyrrole nitrogens is 1. The average Bonchev–Trinajstić information content (AvgIpc) is 3.25. The van der Waals surface area contributed by atoms with E-state index in [0.29, 0.717) is 29.5 Å². The molecule has 0 aliphatic heterocycles. The summed E-state index contributed by atoms with van der Waals surface area (Å²) in [6.45, 7) is 4.17. The Kier molecular flexibility index (Phi) is 4.05. The van der Waals surface area contributed by atoms with Crippen molar-refractivity contribution < 1.29 is 8.42 Å². The van der Waals surface area contributed by atoms with Crippen molar-refractivity contribution in [3.8, 4) is 0 Å². The predicted molar refractivity (Wildman–Crippen MR) is 83.6 cm³/mol. The van der Waals surface area contributed by atoms with Gasteiger partial charge >= 0.3 is 0 Å². The molecule has 1 saturated carbocycles. The van der Waals surface area contributed by atoms with Crippen LogP contribution in [0.5, 0.6) is 0 Å². The number of sulfone groups is 1. The maximum Gasteiger partial charge on any atom is 0.251 e. The Morgan fingerprint density at radius 3 is 2.74 bits per heavy atom. The molecule has 0 bridgehead atoms. The molecule has 0 amide bonds. The van der Waals surface area contributed by atoms with Gasteiger partial charge in [-0.15, -0.1) is 5.10 Å². The highest BCUT2D eigenvalue weighted by molar-refractivity contribution is 7.89. The lowest BCUT2D eigenvalue weighted by Gasteiger charge is -2.07. The van der Waals surface area contributed by atoms with E-state index in [1.807, 2.05) is 6.92 Å². The molecule has 0 atom stereocenters.